The molecule has 0 fully saturated rings. The lowest BCUT2D eigenvalue weighted by Crippen LogP contribution is -2.38. The van der Waals surface area contributed by atoms with Crippen molar-refractivity contribution < 1.29 is 4.79 Å². The van der Waals surface area contributed by atoms with Crippen LogP contribution in [0.4, 0.5) is 5.13 Å². The number of hydrogen-bond donors (Lipinski definition) is 1. The van der Waals surface area contributed by atoms with Gasteiger partial charge in [-0.15, -0.1) is 23.7 Å². The van der Waals surface area contributed by atoms with Gasteiger partial charge in [0.2, 0.25) is 5.91 Å². The van der Waals surface area contributed by atoms with E-state index >= 15 is 0 Å². The summed E-state index contributed by atoms with van der Waals surface area (Å²) in [5, 5.41) is 5.78. The summed E-state index contributed by atoms with van der Waals surface area (Å²) in [4.78, 5) is 18.2. The largest absolute Gasteiger partial charge is 0.319 e. The zero-order chi connectivity index (χ0) is 12.1. The van der Waals surface area contributed by atoms with Gasteiger partial charge < -0.3 is 5.32 Å². The molecule has 6 heteroatoms. The zero-order valence-corrected chi connectivity index (χ0v) is 12.3. The first-order valence-electron chi connectivity index (χ1n) is 5.48. The molecule has 0 bridgehead atoms. The molecule has 1 N–H and O–H groups in total. The van der Waals surface area contributed by atoms with Gasteiger partial charge >= 0.3 is 0 Å². The summed E-state index contributed by atoms with van der Waals surface area (Å²) in [6.07, 6.45) is 0. The van der Waals surface area contributed by atoms with Crippen LogP contribution in [-0.2, 0) is 4.79 Å². The number of nitrogens with zero attached hydrogens (tertiary/aromatic N) is 2. The number of aromatic nitrogens is 1. The minimum atomic E-state index is -0.0193. The minimum Gasteiger partial charge on any atom is -0.319 e. The molecule has 0 aliphatic rings. The van der Waals surface area contributed by atoms with Crippen LogP contribution in [0.2, 0.25) is 0 Å². The van der Waals surface area contributed by atoms with Gasteiger partial charge in [0.25, 0.3) is 0 Å². The Kier molecular flexibility index (Phi) is 7.34. The van der Waals surface area contributed by atoms with Crippen LogP contribution in [0.25, 0.3) is 0 Å². The molecule has 1 rings (SSSR count). The Hall–Kier alpha value is -0.650. The van der Waals surface area contributed by atoms with Gasteiger partial charge in [0.15, 0.2) is 5.13 Å². The molecule has 1 aromatic rings. The monoisotopic (exact) mass is 277 g/mol. The Morgan fingerprint density at radius 3 is 2.71 bits per heavy atom. The van der Waals surface area contributed by atoms with Crippen molar-refractivity contribution >= 4 is 34.8 Å². The van der Waals surface area contributed by atoms with Gasteiger partial charge in [-0.3, -0.25) is 9.69 Å². The number of rotatable bonds is 5. The standard InChI is InChI=1S/C11H19N3OS.ClH/c1-5-14(10(15)8(2)6-12-4)11-13-9(3)7-16-11;/h7-8,12H,5-6H2,1-4H3;1H. The van der Waals surface area contributed by atoms with Gasteiger partial charge in [-0.2, -0.15) is 0 Å². The van der Waals surface area contributed by atoms with Crippen LogP contribution in [0, 0.1) is 12.8 Å². The SMILES string of the molecule is CCN(C(=O)C(C)CNC)c1nc(C)cs1.Cl. The summed E-state index contributed by atoms with van der Waals surface area (Å²) >= 11 is 1.52. The predicted octanol–water partition coefficient (Wildman–Crippen LogP) is 2.08. The van der Waals surface area contributed by atoms with Gasteiger partial charge in [0.1, 0.15) is 0 Å². The lowest BCUT2D eigenvalue weighted by atomic mass is 10.1. The smallest absolute Gasteiger partial charge is 0.232 e. The van der Waals surface area contributed by atoms with Crippen molar-refractivity contribution in [2.24, 2.45) is 5.92 Å². The molecule has 1 unspecified atom stereocenters. The molecule has 0 spiro atoms. The van der Waals surface area contributed by atoms with E-state index in [2.05, 4.69) is 10.3 Å². The molecule has 0 aliphatic carbocycles. The van der Waals surface area contributed by atoms with E-state index in [1.807, 2.05) is 33.2 Å². The number of anilines is 1. The van der Waals surface area contributed by atoms with Crippen LogP contribution in [-0.4, -0.2) is 31.0 Å². The molecule has 98 valence electrons. The Bertz CT molecular complexity index is 356. The van der Waals surface area contributed by atoms with Crippen LogP contribution in [0.1, 0.15) is 19.5 Å². The molecule has 0 aliphatic heterocycles. The number of thiazole rings is 1. The van der Waals surface area contributed by atoms with E-state index in [0.717, 1.165) is 10.8 Å². The lowest BCUT2D eigenvalue weighted by molar-refractivity contribution is -0.121. The molecule has 0 saturated heterocycles. The van der Waals surface area contributed by atoms with E-state index in [9.17, 15) is 4.79 Å². The fourth-order valence-electron chi connectivity index (χ4n) is 1.51. The molecule has 1 atom stereocenters. The summed E-state index contributed by atoms with van der Waals surface area (Å²) in [5.74, 6) is 0.111. The average Bonchev–Trinajstić information content (AvgIpc) is 2.66. The maximum Gasteiger partial charge on any atom is 0.232 e. The first-order chi connectivity index (χ1) is 7.60. The second-order valence-electron chi connectivity index (χ2n) is 3.81. The summed E-state index contributed by atoms with van der Waals surface area (Å²) in [6.45, 7) is 7.21. The second-order valence-corrected chi connectivity index (χ2v) is 4.65. The summed E-state index contributed by atoms with van der Waals surface area (Å²) in [5.41, 5.74) is 0.965. The van der Waals surface area contributed by atoms with Crippen molar-refractivity contribution in [1.82, 2.24) is 10.3 Å². The maximum absolute atomic E-state index is 12.1. The summed E-state index contributed by atoms with van der Waals surface area (Å²) in [6, 6.07) is 0. The fraction of sp³-hybridized carbons (Fsp3) is 0.636. The molecule has 4 nitrogen and oxygen atoms in total. The van der Waals surface area contributed by atoms with Crippen molar-refractivity contribution in [3.63, 3.8) is 0 Å². The highest BCUT2D eigenvalue weighted by Crippen LogP contribution is 2.21. The third kappa shape index (κ3) is 4.26. The number of hydrogen-bond acceptors (Lipinski definition) is 4. The fourth-order valence-corrected chi connectivity index (χ4v) is 2.38. The number of carbonyl (C=O) groups is 1. The van der Waals surface area contributed by atoms with Gasteiger partial charge in [-0.05, 0) is 20.9 Å². The molecule has 1 amide bonds. The number of nitrogens with one attached hydrogen (secondary N) is 1. The van der Waals surface area contributed by atoms with Crippen LogP contribution in [0.15, 0.2) is 5.38 Å². The topological polar surface area (TPSA) is 45.2 Å². The van der Waals surface area contributed by atoms with E-state index < -0.39 is 0 Å². The first-order valence-corrected chi connectivity index (χ1v) is 6.36. The first kappa shape index (κ1) is 16.4. The van der Waals surface area contributed by atoms with Crippen LogP contribution >= 0.6 is 23.7 Å². The molecular weight excluding hydrogens is 258 g/mol. The molecule has 0 aromatic carbocycles. The van der Waals surface area contributed by atoms with Gasteiger partial charge in [-0.25, -0.2) is 4.98 Å². The minimum absolute atomic E-state index is 0. The van der Waals surface area contributed by atoms with E-state index in [0.29, 0.717) is 13.1 Å². The van der Waals surface area contributed by atoms with Crippen molar-refractivity contribution in [2.45, 2.75) is 20.8 Å². The van der Waals surface area contributed by atoms with Crippen molar-refractivity contribution in [1.29, 1.82) is 0 Å². The number of amides is 1. The number of halogens is 1. The Morgan fingerprint density at radius 1 is 1.65 bits per heavy atom. The van der Waals surface area contributed by atoms with Crippen molar-refractivity contribution in [3.05, 3.63) is 11.1 Å². The number of aryl methyl sites for hydroxylation is 1. The normalized spacial score (nSPS) is 11.8. The predicted molar refractivity (Wildman–Crippen MR) is 75.2 cm³/mol. The average molecular weight is 278 g/mol. The van der Waals surface area contributed by atoms with Crippen LogP contribution < -0.4 is 10.2 Å². The molecule has 17 heavy (non-hydrogen) atoms. The lowest BCUT2D eigenvalue weighted by Gasteiger charge is -2.21. The molecule has 0 radical (unpaired) electrons. The van der Waals surface area contributed by atoms with E-state index in [4.69, 9.17) is 0 Å². The van der Waals surface area contributed by atoms with Crippen molar-refractivity contribution in [2.75, 3.05) is 25.0 Å². The van der Waals surface area contributed by atoms with Gasteiger partial charge in [-0.1, -0.05) is 6.92 Å². The maximum atomic E-state index is 12.1. The van der Waals surface area contributed by atoms with Crippen molar-refractivity contribution in [3.8, 4) is 0 Å². The quantitative estimate of drug-likeness (QED) is 0.896. The Balaban J connectivity index is 0.00000256. The van der Waals surface area contributed by atoms with Gasteiger partial charge in [0, 0.05) is 24.4 Å². The highest BCUT2D eigenvalue weighted by atomic mass is 35.5. The van der Waals surface area contributed by atoms with E-state index in [1.54, 1.807) is 4.90 Å². The van der Waals surface area contributed by atoms with E-state index in [1.165, 1.54) is 11.3 Å². The number of carbonyl (C=O) groups excluding carboxylic acids is 1. The third-order valence-corrected chi connectivity index (χ3v) is 3.33. The van der Waals surface area contributed by atoms with Crippen LogP contribution in [0.3, 0.4) is 0 Å². The molecular formula is C11H20ClN3OS. The highest BCUT2D eigenvalue weighted by molar-refractivity contribution is 7.14. The zero-order valence-electron chi connectivity index (χ0n) is 10.7. The summed E-state index contributed by atoms with van der Waals surface area (Å²) < 4.78 is 0. The molecule has 0 saturated carbocycles. The highest BCUT2D eigenvalue weighted by Gasteiger charge is 2.21. The summed E-state index contributed by atoms with van der Waals surface area (Å²) in [7, 11) is 1.85. The second kappa shape index (κ2) is 7.63. The Morgan fingerprint density at radius 2 is 2.29 bits per heavy atom. The van der Waals surface area contributed by atoms with Crippen LogP contribution in [0.5, 0.6) is 0 Å². The Labute approximate surface area is 113 Å². The van der Waals surface area contributed by atoms with E-state index in [-0.39, 0.29) is 24.2 Å². The molecule has 1 heterocycles. The molecule has 1 aromatic heterocycles. The van der Waals surface area contributed by atoms with Gasteiger partial charge in [0.05, 0.1) is 5.69 Å². The third-order valence-electron chi connectivity index (χ3n) is 2.35.